The van der Waals surface area contributed by atoms with Crippen molar-refractivity contribution in [2.24, 2.45) is 5.73 Å². The van der Waals surface area contributed by atoms with Crippen LogP contribution in [0.3, 0.4) is 0 Å². The van der Waals surface area contributed by atoms with Crippen molar-refractivity contribution in [3.05, 3.63) is 0 Å². The molecule has 0 atom stereocenters. The number of guanidine groups is 1. The van der Waals surface area contributed by atoms with Crippen molar-refractivity contribution in [3.8, 4) is 0 Å². The molecule has 1 fully saturated rings. The summed E-state index contributed by atoms with van der Waals surface area (Å²) in [6, 6.07) is 0. The van der Waals surface area contributed by atoms with Gasteiger partial charge in [-0.05, 0) is 6.42 Å². The van der Waals surface area contributed by atoms with Crippen LogP contribution in [0.5, 0.6) is 0 Å². The van der Waals surface area contributed by atoms with Crippen LogP contribution in [0.15, 0.2) is 0 Å². The summed E-state index contributed by atoms with van der Waals surface area (Å²) in [7, 11) is 0. The van der Waals surface area contributed by atoms with Gasteiger partial charge in [-0.2, -0.15) is 0 Å². The minimum atomic E-state index is 0.231. The van der Waals surface area contributed by atoms with E-state index in [1.54, 1.807) is 0 Å². The zero-order valence-corrected chi connectivity index (χ0v) is 5.56. The summed E-state index contributed by atoms with van der Waals surface area (Å²) in [6.07, 6.45) is 3.68. The Bertz CT molecular complexity index is 105. The first-order valence-electron chi connectivity index (χ1n) is 3.39. The van der Waals surface area contributed by atoms with Crippen molar-refractivity contribution in [1.29, 1.82) is 5.41 Å². The van der Waals surface area contributed by atoms with Crippen LogP contribution in [0.1, 0.15) is 19.3 Å². The number of nitrogens with zero attached hydrogens (tertiary/aromatic N) is 1. The molecule has 0 amide bonds. The van der Waals surface area contributed by atoms with Gasteiger partial charge in [0.1, 0.15) is 13.1 Å². The molecule has 0 aromatic heterocycles. The normalized spacial score (nSPS) is 21.8. The summed E-state index contributed by atoms with van der Waals surface area (Å²) in [6.45, 7) is 1.96. The highest BCUT2D eigenvalue weighted by molar-refractivity contribution is 5.77. The first kappa shape index (κ1) is 6.55. The van der Waals surface area contributed by atoms with E-state index < -0.39 is 0 Å². The molecular formula is C6H13N3+. The quantitative estimate of drug-likeness (QED) is 0.273. The monoisotopic (exact) mass is 127 g/mol. The van der Waals surface area contributed by atoms with Gasteiger partial charge in [-0.25, -0.2) is 5.41 Å². The number of piperidine rings is 1. The highest BCUT2D eigenvalue weighted by Crippen LogP contribution is 2.04. The Morgan fingerprint density at radius 1 is 1.22 bits per heavy atom. The van der Waals surface area contributed by atoms with Crippen LogP contribution in [0.4, 0.5) is 0 Å². The Kier molecular flexibility index (Phi) is 2.05. The molecule has 3 N–H and O–H groups in total. The van der Waals surface area contributed by atoms with Crippen LogP contribution in [0.25, 0.3) is 0 Å². The Hall–Kier alpha value is -0.570. The Morgan fingerprint density at radius 2 is 1.78 bits per heavy atom. The van der Waals surface area contributed by atoms with Gasteiger partial charge in [-0.15, -0.1) is 4.90 Å². The lowest BCUT2D eigenvalue weighted by Gasteiger charge is -2.13. The largest absolute Gasteiger partial charge is 0.341 e. The van der Waals surface area contributed by atoms with Crippen LogP contribution in [0.2, 0.25) is 0 Å². The van der Waals surface area contributed by atoms with Crippen molar-refractivity contribution >= 4 is 5.96 Å². The van der Waals surface area contributed by atoms with E-state index in [4.69, 9.17) is 11.1 Å². The Labute approximate surface area is 55.3 Å². The maximum atomic E-state index is 7.09. The number of nitrogens with two attached hydrogens (primary N) is 1. The third-order valence-electron chi connectivity index (χ3n) is 1.70. The number of rotatable bonds is 0. The number of hydrogen-bond donors (Lipinski definition) is 2. The first-order valence-corrected chi connectivity index (χ1v) is 3.39. The predicted molar refractivity (Wildman–Crippen MR) is 37.6 cm³/mol. The van der Waals surface area contributed by atoms with Crippen molar-refractivity contribution in [1.82, 2.24) is 4.90 Å². The second-order valence-electron chi connectivity index (χ2n) is 2.43. The fourth-order valence-corrected chi connectivity index (χ4v) is 1.13. The van der Waals surface area contributed by atoms with E-state index in [2.05, 4.69) is 0 Å². The maximum Gasteiger partial charge on any atom is 0.341 e. The van der Waals surface area contributed by atoms with Gasteiger partial charge in [-0.1, -0.05) is 0 Å². The fourth-order valence-electron chi connectivity index (χ4n) is 1.13. The van der Waals surface area contributed by atoms with Crippen LogP contribution in [-0.4, -0.2) is 19.0 Å². The first-order chi connectivity index (χ1) is 4.30. The molecule has 0 aromatic rings. The SMILES string of the molecule is N=C(N)[N+]1CCCCC1. The lowest BCUT2D eigenvalue weighted by Crippen LogP contribution is -2.45. The van der Waals surface area contributed by atoms with E-state index in [0.717, 1.165) is 13.1 Å². The lowest BCUT2D eigenvalue weighted by molar-refractivity contribution is 0.438. The third kappa shape index (κ3) is 1.68. The van der Waals surface area contributed by atoms with Gasteiger partial charge in [0.25, 0.3) is 0 Å². The molecule has 1 aliphatic rings. The van der Waals surface area contributed by atoms with Crippen LogP contribution in [0, 0.1) is 5.41 Å². The molecule has 1 saturated heterocycles. The van der Waals surface area contributed by atoms with Gasteiger partial charge in [-0.3, -0.25) is 0 Å². The lowest BCUT2D eigenvalue weighted by atomic mass is 10.1. The molecule has 3 nitrogen and oxygen atoms in total. The molecule has 1 radical (unpaired) electrons. The molecule has 1 rings (SSSR count). The van der Waals surface area contributed by atoms with Crippen LogP contribution >= 0.6 is 0 Å². The molecular weight excluding hydrogens is 114 g/mol. The summed E-state index contributed by atoms with van der Waals surface area (Å²) >= 11 is 0. The van der Waals surface area contributed by atoms with Crippen LogP contribution in [-0.2, 0) is 0 Å². The molecule has 0 saturated carbocycles. The molecule has 0 unspecified atom stereocenters. The van der Waals surface area contributed by atoms with E-state index in [1.807, 2.05) is 4.90 Å². The van der Waals surface area contributed by atoms with Crippen LogP contribution < -0.4 is 10.6 Å². The van der Waals surface area contributed by atoms with Crippen molar-refractivity contribution in [3.63, 3.8) is 0 Å². The Morgan fingerprint density at radius 3 is 2.11 bits per heavy atom. The minimum absolute atomic E-state index is 0.231. The van der Waals surface area contributed by atoms with Crippen molar-refractivity contribution < 1.29 is 0 Å². The Balaban J connectivity index is 2.31. The summed E-state index contributed by atoms with van der Waals surface area (Å²) in [5.74, 6) is 0.231. The minimum Gasteiger partial charge on any atom is -0.334 e. The molecule has 9 heavy (non-hydrogen) atoms. The molecule has 1 heterocycles. The fraction of sp³-hybridized carbons (Fsp3) is 0.833. The molecule has 51 valence electrons. The van der Waals surface area contributed by atoms with Crippen molar-refractivity contribution in [2.75, 3.05) is 13.1 Å². The van der Waals surface area contributed by atoms with E-state index in [0.29, 0.717) is 0 Å². The van der Waals surface area contributed by atoms with E-state index in [9.17, 15) is 0 Å². The zero-order chi connectivity index (χ0) is 6.69. The van der Waals surface area contributed by atoms with Gasteiger partial charge >= 0.3 is 5.96 Å². The highest BCUT2D eigenvalue weighted by Gasteiger charge is 2.21. The number of nitrogens with one attached hydrogen (secondary N) is 1. The summed E-state index contributed by atoms with van der Waals surface area (Å²) < 4.78 is 0. The van der Waals surface area contributed by atoms with Gasteiger partial charge < -0.3 is 5.73 Å². The second kappa shape index (κ2) is 2.82. The van der Waals surface area contributed by atoms with Gasteiger partial charge in [0.05, 0.1) is 0 Å². The molecule has 3 heteroatoms. The summed E-state index contributed by atoms with van der Waals surface area (Å²) in [5.41, 5.74) is 5.28. The molecule has 1 aliphatic heterocycles. The maximum absolute atomic E-state index is 7.09. The summed E-state index contributed by atoms with van der Waals surface area (Å²) in [5, 5.41) is 7.09. The van der Waals surface area contributed by atoms with E-state index in [1.165, 1.54) is 19.3 Å². The van der Waals surface area contributed by atoms with Crippen molar-refractivity contribution in [2.45, 2.75) is 19.3 Å². The standard InChI is InChI=1S/C6H13N3/c7-6(8)9-4-2-1-3-5-9/h1-5H2,(H3,7,8)/q+1. The third-order valence-corrected chi connectivity index (χ3v) is 1.70. The molecule has 0 bridgehead atoms. The average molecular weight is 127 g/mol. The molecule has 0 aromatic carbocycles. The topological polar surface area (TPSA) is 55.8 Å². The number of likely N-dealkylation sites (tertiary alicyclic amines) is 1. The number of hydrogen-bond acceptors (Lipinski definition) is 1. The molecule has 0 aliphatic carbocycles. The van der Waals surface area contributed by atoms with Gasteiger partial charge in [0.15, 0.2) is 0 Å². The zero-order valence-electron chi connectivity index (χ0n) is 5.56. The van der Waals surface area contributed by atoms with Gasteiger partial charge in [0.2, 0.25) is 0 Å². The highest BCUT2D eigenvalue weighted by atomic mass is 15.2. The average Bonchev–Trinajstić information content (AvgIpc) is 1.90. The van der Waals surface area contributed by atoms with E-state index >= 15 is 0 Å². The summed E-state index contributed by atoms with van der Waals surface area (Å²) in [4.78, 5) is 1.92. The second-order valence-corrected chi connectivity index (χ2v) is 2.43. The van der Waals surface area contributed by atoms with Gasteiger partial charge in [0, 0.05) is 12.8 Å². The molecule has 0 spiro atoms. The smallest absolute Gasteiger partial charge is 0.334 e. The van der Waals surface area contributed by atoms with E-state index in [-0.39, 0.29) is 5.96 Å². The predicted octanol–water partition coefficient (Wildman–Crippen LogP) is 0.204.